The lowest BCUT2D eigenvalue weighted by Crippen LogP contribution is -2.29. The van der Waals surface area contributed by atoms with Crippen LogP contribution in [0.2, 0.25) is 0 Å². The maximum absolute atomic E-state index is 11.6. The normalized spacial score (nSPS) is 11.1. The largest absolute Gasteiger partial charge is 0.480 e. The highest BCUT2D eigenvalue weighted by Crippen LogP contribution is 2.24. The molecule has 0 aromatic heterocycles. The molecule has 18 heavy (non-hydrogen) atoms. The number of nitrogens with one attached hydrogen (secondary N) is 1. The highest BCUT2D eigenvalue weighted by molar-refractivity contribution is 9.10. The Balaban J connectivity index is 2.48. The molecular formula is C12H14BrNO3S. The first-order valence-corrected chi connectivity index (χ1v) is 7.02. The second-order valence-electron chi connectivity index (χ2n) is 4.16. The predicted octanol–water partition coefficient (Wildman–Crippen LogP) is 2.98. The number of rotatable bonds is 5. The SMILES string of the molecule is CC(C)(SCC(=O)Nc1ccc(Br)cc1)C(=O)O. The first-order valence-electron chi connectivity index (χ1n) is 5.24. The van der Waals surface area contributed by atoms with Gasteiger partial charge in [-0.2, -0.15) is 0 Å². The van der Waals surface area contributed by atoms with Crippen LogP contribution < -0.4 is 5.32 Å². The first kappa shape index (κ1) is 15.0. The van der Waals surface area contributed by atoms with E-state index in [9.17, 15) is 9.59 Å². The topological polar surface area (TPSA) is 66.4 Å². The van der Waals surface area contributed by atoms with Gasteiger partial charge in [0, 0.05) is 10.2 Å². The second-order valence-corrected chi connectivity index (χ2v) is 6.67. The van der Waals surface area contributed by atoms with Gasteiger partial charge in [-0.15, -0.1) is 11.8 Å². The van der Waals surface area contributed by atoms with Crippen LogP contribution in [0.4, 0.5) is 5.69 Å². The fraction of sp³-hybridized carbons (Fsp3) is 0.333. The molecule has 0 radical (unpaired) electrons. The summed E-state index contributed by atoms with van der Waals surface area (Å²) in [7, 11) is 0. The molecule has 4 nitrogen and oxygen atoms in total. The Kier molecular flexibility index (Phi) is 5.22. The van der Waals surface area contributed by atoms with Gasteiger partial charge in [-0.1, -0.05) is 15.9 Å². The number of thioether (sulfide) groups is 1. The molecule has 0 bridgehead atoms. The number of aliphatic carboxylic acids is 1. The molecule has 0 saturated heterocycles. The molecule has 1 rings (SSSR count). The molecule has 0 unspecified atom stereocenters. The summed E-state index contributed by atoms with van der Waals surface area (Å²) < 4.78 is -0.0290. The number of carbonyl (C=O) groups is 2. The molecule has 0 fully saturated rings. The summed E-state index contributed by atoms with van der Waals surface area (Å²) in [6.45, 7) is 3.15. The Labute approximate surface area is 118 Å². The van der Waals surface area contributed by atoms with Gasteiger partial charge in [0.15, 0.2) is 0 Å². The summed E-state index contributed by atoms with van der Waals surface area (Å²) in [6.07, 6.45) is 0. The van der Waals surface area contributed by atoms with Crippen LogP contribution in [-0.4, -0.2) is 27.5 Å². The van der Waals surface area contributed by atoms with E-state index in [4.69, 9.17) is 5.11 Å². The van der Waals surface area contributed by atoms with Crippen LogP contribution in [0.5, 0.6) is 0 Å². The number of hydrogen-bond acceptors (Lipinski definition) is 3. The lowest BCUT2D eigenvalue weighted by molar-refractivity contribution is -0.138. The molecule has 0 aliphatic rings. The lowest BCUT2D eigenvalue weighted by atomic mass is 10.2. The molecule has 98 valence electrons. The van der Waals surface area contributed by atoms with Crippen LogP contribution in [0.3, 0.4) is 0 Å². The van der Waals surface area contributed by atoms with Crippen molar-refractivity contribution in [2.45, 2.75) is 18.6 Å². The van der Waals surface area contributed by atoms with Crippen molar-refractivity contribution in [1.82, 2.24) is 0 Å². The summed E-state index contributed by atoms with van der Waals surface area (Å²) in [5.41, 5.74) is 0.692. The Morgan fingerprint density at radius 1 is 1.33 bits per heavy atom. The quantitative estimate of drug-likeness (QED) is 0.870. The zero-order valence-electron chi connectivity index (χ0n) is 10.1. The molecule has 1 amide bonds. The highest BCUT2D eigenvalue weighted by atomic mass is 79.9. The van der Waals surface area contributed by atoms with Crippen molar-refractivity contribution in [3.63, 3.8) is 0 Å². The van der Waals surface area contributed by atoms with Gasteiger partial charge in [-0.25, -0.2) is 0 Å². The number of hydrogen-bond donors (Lipinski definition) is 2. The third-order valence-electron chi connectivity index (χ3n) is 2.21. The Morgan fingerprint density at radius 3 is 2.39 bits per heavy atom. The molecule has 1 aromatic carbocycles. The summed E-state index contributed by atoms with van der Waals surface area (Å²) in [6, 6.07) is 7.19. The van der Waals surface area contributed by atoms with Gasteiger partial charge in [-0.3, -0.25) is 9.59 Å². The van der Waals surface area contributed by atoms with Gasteiger partial charge in [-0.05, 0) is 38.1 Å². The van der Waals surface area contributed by atoms with Crippen LogP contribution in [0.15, 0.2) is 28.7 Å². The van der Waals surface area contributed by atoms with E-state index < -0.39 is 10.7 Å². The summed E-state index contributed by atoms with van der Waals surface area (Å²) >= 11 is 4.40. The molecule has 1 aromatic rings. The van der Waals surface area contributed by atoms with E-state index in [0.717, 1.165) is 16.2 Å². The summed E-state index contributed by atoms with van der Waals surface area (Å²) in [5.74, 6) is -1.03. The standard InChI is InChI=1S/C12H14BrNO3S/c1-12(2,11(16)17)18-7-10(15)14-9-5-3-8(13)4-6-9/h3-6H,7H2,1-2H3,(H,14,15)(H,16,17). The van der Waals surface area contributed by atoms with Crippen molar-refractivity contribution in [1.29, 1.82) is 0 Å². The first-order chi connectivity index (χ1) is 8.31. The molecule has 2 N–H and O–H groups in total. The van der Waals surface area contributed by atoms with Crippen LogP contribution in [-0.2, 0) is 9.59 Å². The summed E-state index contributed by atoms with van der Waals surface area (Å²) in [4.78, 5) is 22.5. The molecule has 0 aliphatic heterocycles. The van der Waals surface area contributed by atoms with Crippen molar-refractivity contribution in [2.24, 2.45) is 0 Å². The van der Waals surface area contributed by atoms with Crippen molar-refractivity contribution in [3.8, 4) is 0 Å². The van der Waals surface area contributed by atoms with Crippen molar-refractivity contribution in [2.75, 3.05) is 11.1 Å². The smallest absolute Gasteiger partial charge is 0.319 e. The van der Waals surface area contributed by atoms with E-state index >= 15 is 0 Å². The number of amides is 1. The van der Waals surface area contributed by atoms with Gasteiger partial charge < -0.3 is 10.4 Å². The van der Waals surface area contributed by atoms with E-state index in [1.807, 2.05) is 12.1 Å². The van der Waals surface area contributed by atoms with E-state index in [1.165, 1.54) is 0 Å². The van der Waals surface area contributed by atoms with Gasteiger partial charge in [0.1, 0.15) is 4.75 Å². The van der Waals surface area contributed by atoms with Crippen molar-refractivity contribution < 1.29 is 14.7 Å². The van der Waals surface area contributed by atoms with Crippen LogP contribution in [0, 0.1) is 0 Å². The van der Waals surface area contributed by atoms with Crippen LogP contribution >= 0.6 is 27.7 Å². The van der Waals surface area contributed by atoms with Crippen molar-refractivity contribution in [3.05, 3.63) is 28.7 Å². The maximum atomic E-state index is 11.6. The molecule has 0 heterocycles. The number of carboxylic acids is 1. The predicted molar refractivity (Wildman–Crippen MR) is 76.9 cm³/mol. The Morgan fingerprint density at radius 2 is 1.89 bits per heavy atom. The number of carboxylic acid groups (broad SMARTS) is 1. The van der Waals surface area contributed by atoms with Crippen molar-refractivity contribution >= 4 is 45.3 Å². The molecule has 0 saturated carbocycles. The molecule has 6 heteroatoms. The molecule has 0 aliphatic carbocycles. The molecule has 0 atom stereocenters. The minimum absolute atomic E-state index is 0.107. The average molecular weight is 332 g/mol. The number of halogens is 1. The molecule has 0 spiro atoms. The van der Waals surface area contributed by atoms with E-state index in [1.54, 1.807) is 26.0 Å². The van der Waals surface area contributed by atoms with Crippen LogP contribution in [0.25, 0.3) is 0 Å². The summed E-state index contributed by atoms with van der Waals surface area (Å²) in [5, 5.41) is 11.6. The van der Waals surface area contributed by atoms with Gasteiger partial charge in [0.05, 0.1) is 5.75 Å². The average Bonchev–Trinajstić information content (AvgIpc) is 2.29. The number of benzene rings is 1. The monoisotopic (exact) mass is 331 g/mol. The molecular weight excluding hydrogens is 318 g/mol. The fourth-order valence-corrected chi connectivity index (χ4v) is 1.99. The van der Waals surface area contributed by atoms with E-state index in [2.05, 4.69) is 21.2 Å². The highest BCUT2D eigenvalue weighted by Gasteiger charge is 2.28. The number of anilines is 1. The maximum Gasteiger partial charge on any atom is 0.319 e. The third kappa shape index (κ3) is 4.70. The minimum atomic E-state index is -0.961. The third-order valence-corrected chi connectivity index (χ3v) is 4.04. The van der Waals surface area contributed by atoms with Gasteiger partial charge in [0.25, 0.3) is 0 Å². The minimum Gasteiger partial charge on any atom is -0.480 e. The zero-order chi connectivity index (χ0) is 13.8. The second kappa shape index (κ2) is 6.24. The van der Waals surface area contributed by atoms with Crippen LogP contribution in [0.1, 0.15) is 13.8 Å². The van der Waals surface area contributed by atoms with Gasteiger partial charge >= 0.3 is 5.97 Å². The Hall–Kier alpha value is -1.01. The number of carbonyl (C=O) groups excluding carboxylic acids is 1. The fourth-order valence-electron chi connectivity index (χ4n) is 1.04. The van der Waals surface area contributed by atoms with E-state index in [-0.39, 0.29) is 11.7 Å². The van der Waals surface area contributed by atoms with Gasteiger partial charge in [0.2, 0.25) is 5.91 Å². The Bertz CT molecular complexity index is 445. The zero-order valence-corrected chi connectivity index (χ0v) is 12.5. The van der Waals surface area contributed by atoms with E-state index in [0.29, 0.717) is 5.69 Å². The lowest BCUT2D eigenvalue weighted by Gasteiger charge is -2.17.